The lowest BCUT2D eigenvalue weighted by Crippen LogP contribution is -2.64. The Morgan fingerprint density at radius 2 is 1.61 bits per heavy atom. The molecule has 9 atom stereocenters. The zero-order valence-corrected chi connectivity index (χ0v) is 17.2. The second-order valence-corrected chi connectivity index (χ2v) is 7.36. The number of aliphatic hydroxyl groups excluding tert-OH is 6. The summed E-state index contributed by atoms with van der Waals surface area (Å²) in [6.07, 6.45) is -12.2. The van der Waals surface area contributed by atoms with Gasteiger partial charge >= 0.3 is 11.9 Å². The molecule has 13 nitrogen and oxygen atoms in total. The molecule has 0 aromatic heterocycles. The zero-order chi connectivity index (χ0) is 23.3. The van der Waals surface area contributed by atoms with E-state index >= 15 is 0 Å². The van der Waals surface area contributed by atoms with Crippen LogP contribution in [0.3, 0.4) is 0 Å². The van der Waals surface area contributed by atoms with Gasteiger partial charge in [-0.1, -0.05) is 6.92 Å². The lowest BCUT2D eigenvalue weighted by molar-refractivity contribution is -0.384. The lowest BCUT2D eigenvalue weighted by Gasteiger charge is -2.44. The summed E-state index contributed by atoms with van der Waals surface area (Å²) in [5.41, 5.74) is 0. The molecule has 0 aromatic carbocycles. The molecule has 180 valence electrons. The van der Waals surface area contributed by atoms with Gasteiger partial charge in [0.15, 0.2) is 12.2 Å². The van der Waals surface area contributed by atoms with Crippen LogP contribution in [0.25, 0.3) is 0 Å². The van der Waals surface area contributed by atoms with Crippen molar-refractivity contribution in [2.45, 2.75) is 81.5 Å². The Bertz CT molecular complexity index is 615. The fourth-order valence-electron chi connectivity index (χ4n) is 3.48. The van der Waals surface area contributed by atoms with Gasteiger partial charge in [0.2, 0.25) is 12.1 Å². The third kappa shape index (κ3) is 5.50. The van der Waals surface area contributed by atoms with E-state index in [1.807, 2.05) is 0 Å². The van der Waals surface area contributed by atoms with Crippen molar-refractivity contribution < 1.29 is 63.9 Å². The first kappa shape index (κ1) is 25.8. The molecular weight excluding hydrogens is 424 g/mol. The predicted molar refractivity (Wildman–Crippen MR) is 97.0 cm³/mol. The highest BCUT2D eigenvalue weighted by molar-refractivity contribution is 5.69. The highest BCUT2D eigenvalue weighted by Crippen LogP contribution is 2.38. The Morgan fingerprint density at radius 3 is 2.13 bits per heavy atom. The van der Waals surface area contributed by atoms with Crippen molar-refractivity contribution in [1.82, 2.24) is 0 Å². The molecule has 2 rings (SSSR count). The van der Waals surface area contributed by atoms with Crippen molar-refractivity contribution in [2.75, 3.05) is 19.8 Å². The van der Waals surface area contributed by atoms with Crippen LogP contribution in [0.2, 0.25) is 0 Å². The number of hydrogen-bond donors (Lipinski definition) is 6. The van der Waals surface area contributed by atoms with Crippen LogP contribution in [0.4, 0.5) is 0 Å². The summed E-state index contributed by atoms with van der Waals surface area (Å²) in [7, 11) is 0. The number of aliphatic hydroxyl groups is 6. The summed E-state index contributed by atoms with van der Waals surface area (Å²) in [5, 5.41) is 59.8. The smallest absolute Gasteiger partial charge is 0.306 e. The van der Waals surface area contributed by atoms with E-state index in [0.29, 0.717) is 6.42 Å². The van der Waals surface area contributed by atoms with Crippen LogP contribution in [0.15, 0.2) is 0 Å². The molecule has 0 aromatic rings. The largest absolute Gasteiger partial charge is 0.454 e. The van der Waals surface area contributed by atoms with Gasteiger partial charge in [0.25, 0.3) is 0 Å². The Kier molecular flexibility index (Phi) is 9.12. The van der Waals surface area contributed by atoms with Crippen LogP contribution in [0.5, 0.6) is 0 Å². The van der Waals surface area contributed by atoms with E-state index in [1.54, 1.807) is 6.92 Å². The van der Waals surface area contributed by atoms with Crippen LogP contribution in [0.1, 0.15) is 26.7 Å². The first-order chi connectivity index (χ1) is 14.6. The standard InChI is InChI=1S/C18H30O13/c1-3-4-11(23)29-16-13(25)10(6-20)30-18(16,7-21)31-17-15(27-8(2)22)14(26)12(24)9(5-19)28-17/h9-10,12-17,19-21,24-26H,3-7H2,1-2H3/t9-,10-,12-,13-,14+,15-,16+,17-,18+/m1/s1. The highest BCUT2D eigenvalue weighted by atomic mass is 16.8. The third-order valence-electron chi connectivity index (χ3n) is 5.03. The molecule has 0 bridgehead atoms. The summed E-state index contributed by atoms with van der Waals surface area (Å²) in [5.74, 6) is -3.87. The van der Waals surface area contributed by atoms with Crippen molar-refractivity contribution >= 4 is 11.9 Å². The monoisotopic (exact) mass is 454 g/mol. The molecule has 2 heterocycles. The molecule has 0 spiro atoms. The average molecular weight is 454 g/mol. The number of carbonyl (C=O) groups is 2. The first-order valence-electron chi connectivity index (χ1n) is 9.88. The Morgan fingerprint density at radius 1 is 0.968 bits per heavy atom. The summed E-state index contributed by atoms with van der Waals surface area (Å²) in [6, 6.07) is 0. The van der Waals surface area contributed by atoms with Gasteiger partial charge in [0.05, 0.1) is 13.2 Å². The quantitative estimate of drug-likeness (QED) is 0.188. The maximum Gasteiger partial charge on any atom is 0.306 e. The number of carbonyl (C=O) groups excluding carboxylic acids is 2. The maximum atomic E-state index is 12.0. The van der Waals surface area contributed by atoms with Gasteiger partial charge in [-0.15, -0.1) is 0 Å². The van der Waals surface area contributed by atoms with Gasteiger partial charge in [-0.25, -0.2) is 0 Å². The van der Waals surface area contributed by atoms with Crippen molar-refractivity contribution in [3.05, 3.63) is 0 Å². The van der Waals surface area contributed by atoms with E-state index < -0.39 is 86.6 Å². The number of esters is 2. The van der Waals surface area contributed by atoms with Crippen LogP contribution >= 0.6 is 0 Å². The maximum absolute atomic E-state index is 12.0. The summed E-state index contributed by atoms with van der Waals surface area (Å²) in [4.78, 5) is 23.5. The molecule has 0 amide bonds. The van der Waals surface area contributed by atoms with Crippen LogP contribution in [-0.2, 0) is 33.3 Å². The van der Waals surface area contributed by atoms with Gasteiger partial charge < -0.3 is 54.3 Å². The number of ether oxygens (including phenoxy) is 5. The summed E-state index contributed by atoms with van der Waals surface area (Å²) in [6.45, 7) is 0.293. The molecular formula is C18H30O13. The molecule has 2 aliphatic rings. The van der Waals surface area contributed by atoms with Crippen LogP contribution in [0, 0.1) is 0 Å². The minimum absolute atomic E-state index is 0.0119. The molecule has 2 aliphatic heterocycles. The van der Waals surface area contributed by atoms with E-state index in [0.717, 1.165) is 6.92 Å². The van der Waals surface area contributed by atoms with Gasteiger partial charge in [0, 0.05) is 13.3 Å². The second-order valence-electron chi connectivity index (χ2n) is 7.36. The van der Waals surface area contributed by atoms with E-state index in [9.17, 15) is 40.2 Å². The number of hydrogen-bond acceptors (Lipinski definition) is 13. The van der Waals surface area contributed by atoms with Crippen molar-refractivity contribution in [1.29, 1.82) is 0 Å². The third-order valence-corrected chi connectivity index (χ3v) is 5.03. The van der Waals surface area contributed by atoms with Crippen LogP contribution in [-0.4, -0.2) is 117 Å². The predicted octanol–water partition coefficient (Wildman–Crippen LogP) is -3.47. The molecule has 0 radical (unpaired) electrons. The molecule has 2 fully saturated rings. The first-order valence-corrected chi connectivity index (χ1v) is 9.88. The Labute approximate surface area is 178 Å². The van der Waals surface area contributed by atoms with Gasteiger partial charge in [-0.3, -0.25) is 9.59 Å². The lowest BCUT2D eigenvalue weighted by atomic mass is 9.98. The fraction of sp³-hybridized carbons (Fsp3) is 0.889. The van der Waals surface area contributed by atoms with Crippen molar-refractivity contribution in [2.24, 2.45) is 0 Å². The highest BCUT2D eigenvalue weighted by Gasteiger charge is 2.61. The molecule has 0 aliphatic carbocycles. The molecule has 13 heteroatoms. The van der Waals surface area contributed by atoms with E-state index in [2.05, 4.69) is 0 Å². The number of rotatable bonds is 9. The normalized spacial score (nSPS) is 40.5. The van der Waals surface area contributed by atoms with Gasteiger partial charge in [-0.2, -0.15) is 0 Å². The topological polar surface area (TPSA) is 202 Å². The van der Waals surface area contributed by atoms with E-state index in [-0.39, 0.29) is 6.42 Å². The average Bonchev–Trinajstić information content (AvgIpc) is 2.99. The van der Waals surface area contributed by atoms with Gasteiger partial charge in [-0.05, 0) is 6.42 Å². The Hall–Kier alpha value is -1.42. The van der Waals surface area contributed by atoms with E-state index in [4.69, 9.17) is 23.7 Å². The van der Waals surface area contributed by atoms with Crippen molar-refractivity contribution in [3.63, 3.8) is 0 Å². The minimum atomic E-state index is -2.28. The molecule has 0 saturated carbocycles. The minimum Gasteiger partial charge on any atom is -0.454 e. The summed E-state index contributed by atoms with van der Waals surface area (Å²) >= 11 is 0. The van der Waals surface area contributed by atoms with E-state index in [1.165, 1.54) is 0 Å². The molecule has 6 N–H and O–H groups in total. The SMILES string of the molecule is CCCC(=O)O[C@H]1[C@H](O)[C@@H](CO)O[C@@]1(CO)O[C@H]1O[C@H](CO)[C@@H](O)[C@H](O)[C@H]1OC(C)=O. The molecule has 31 heavy (non-hydrogen) atoms. The Balaban J connectivity index is 2.37. The molecule has 2 saturated heterocycles. The second kappa shape index (κ2) is 10.9. The fourth-order valence-corrected chi connectivity index (χ4v) is 3.48. The molecule has 0 unspecified atom stereocenters. The van der Waals surface area contributed by atoms with Crippen molar-refractivity contribution in [3.8, 4) is 0 Å². The van der Waals surface area contributed by atoms with Crippen LogP contribution < -0.4 is 0 Å². The van der Waals surface area contributed by atoms with Gasteiger partial charge in [0.1, 0.15) is 37.1 Å². The zero-order valence-electron chi connectivity index (χ0n) is 17.2. The summed E-state index contributed by atoms with van der Waals surface area (Å²) < 4.78 is 26.7.